The van der Waals surface area contributed by atoms with Gasteiger partial charge in [0, 0.05) is 30.8 Å². The topological polar surface area (TPSA) is 148 Å². The molecular formula is C16H22N4O7S. The lowest BCUT2D eigenvalue weighted by molar-refractivity contribution is -0.385. The molecule has 2 amide bonds. The van der Waals surface area contributed by atoms with Gasteiger partial charge in [0.05, 0.1) is 24.8 Å². The molecular weight excluding hydrogens is 392 g/mol. The van der Waals surface area contributed by atoms with Gasteiger partial charge in [0.25, 0.3) is 5.91 Å². The molecule has 2 rings (SSSR count). The fraction of sp³-hybridized carbons (Fsp3) is 0.500. The molecule has 0 spiro atoms. The molecule has 1 aromatic rings. The molecule has 0 atom stereocenters. The zero-order valence-corrected chi connectivity index (χ0v) is 16.3. The number of carbonyl (C=O) groups excluding carboxylic acids is 2. The van der Waals surface area contributed by atoms with Crippen LogP contribution in [0.1, 0.15) is 23.2 Å². The lowest BCUT2D eigenvalue weighted by Gasteiger charge is -2.30. The second-order valence-electron chi connectivity index (χ2n) is 6.33. The summed E-state index contributed by atoms with van der Waals surface area (Å²) in [7, 11) is -1.95. The SMILES string of the molecule is COc1ccc(C(=O)NCC(=O)NC2CCN(S(C)(=O)=O)CC2)cc1[N+](=O)[O-]. The maximum absolute atomic E-state index is 12.1. The lowest BCUT2D eigenvalue weighted by atomic mass is 10.1. The third-order valence-electron chi connectivity index (χ3n) is 4.34. The van der Waals surface area contributed by atoms with Crippen molar-refractivity contribution in [1.29, 1.82) is 0 Å². The van der Waals surface area contributed by atoms with Crippen LogP contribution in [0.5, 0.6) is 5.75 Å². The van der Waals surface area contributed by atoms with Gasteiger partial charge in [-0.1, -0.05) is 0 Å². The van der Waals surface area contributed by atoms with Crippen LogP contribution in [0.2, 0.25) is 0 Å². The summed E-state index contributed by atoms with van der Waals surface area (Å²) in [5, 5.41) is 16.2. The molecule has 0 radical (unpaired) electrons. The van der Waals surface area contributed by atoms with Gasteiger partial charge in [-0.15, -0.1) is 0 Å². The van der Waals surface area contributed by atoms with Crippen LogP contribution in [0, 0.1) is 10.1 Å². The number of hydrogen-bond donors (Lipinski definition) is 2. The first-order chi connectivity index (χ1) is 13.1. The van der Waals surface area contributed by atoms with Gasteiger partial charge in [-0.3, -0.25) is 19.7 Å². The first-order valence-electron chi connectivity index (χ1n) is 8.47. The number of nitrogens with one attached hydrogen (secondary N) is 2. The summed E-state index contributed by atoms with van der Waals surface area (Å²) >= 11 is 0. The number of nitrogens with zero attached hydrogens (tertiary/aromatic N) is 2. The summed E-state index contributed by atoms with van der Waals surface area (Å²) in [5.41, 5.74) is -0.320. The monoisotopic (exact) mass is 414 g/mol. The Labute approximate surface area is 162 Å². The highest BCUT2D eigenvalue weighted by Crippen LogP contribution is 2.27. The number of benzene rings is 1. The van der Waals surface area contributed by atoms with Gasteiger partial charge in [0.15, 0.2) is 5.75 Å². The van der Waals surface area contributed by atoms with E-state index in [-0.39, 0.29) is 29.6 Å². The molecule has 11 nitrogen and oxygen atoms in total. The average Bonchev–Trinajstić information content (AvgIpc) is 2.65. The van der Waals surface area contributed by atoms with E-state index in [0.29, 0.717) is 25.9 Å². The smallest absolute Gasteiger partial charge is 0.311 e. The normalized spacial score (nSPS) is 15.6. The van der Waals surface area contributed by atoms with Gasteiger partial charge < -0.3 is 15.4 Å². The molecule has 1 heterocycles. The summed E-state index contributed by atoms with van der Waals surface area (Å²) in [6.07, 6.45) is 2.11. The van der Waals surface area contributed by atoms with E-state index < -0.39 is 26.8 Å². The average molecular weight is 414 g/mol. The molecule has 1 aliphatic rings. The Kier molecular flexibility index (Phi) is 6.91. The molecule has 0 saturated carbocycles. The summed E-state index contributed by atoms with van der Waals surface area (Å²) < 4.78 is 29.2. The molecule has 0 aliphatic carbocycles. The number of nitro groups is 1. The van der Waals surface area contributed by atoms with Crippen LogP contribution in [0.15, 0.2) is 18.2 Å². The van der Waals surface area contributed by atoms with Gasteiger partial charge in [-0.25, -0.2) is 12.7 Å². The van der Waals surface area contributed by atoms with E-state index in [2.05, 4.69) is 10.6 Å². The number of sulfonamides is 1. The lowest BCUT2D eigenvalue weighted by Crippen LogP contribution is -2.48. The Morgan fingerprint density at radius 2 is 1.96 bits per heavy atom. The van der Waals surface area contributed by atoms with E-state index in [4.69, 9.17) is 4.74 Å². The van der Waals surface area contributed by atoms with E-state index in [1.807, 2.05) is 0 Å². The van der Waals surface area contributed by atoms with E-state index >= 15 is 0 Å². The first-order valence-corrected chi connectivity index (χ1v) is 10.3. The number of carbonyl (C=O) groups is 2. The standard InChI is InChI=1S/C16H22N4O7S/c1-27-14-4-3-11(9-13(14)20(23)24)16(22)17-10-15(21)18-12-5-7-19(8-6-12)28(2,25)26/h3-4,9,12H,5-8,10H2,1-2H3,(H,17,22)(H,18,21). The highest BCUT2D eigenvalue weighted by Gasteiger charge is 2.26. The van der Waals surface area contributed by atoms with Crippen molar-refractivity contribution in [1.82, 2.24) is 14.9 Å². The van der Waals surface area contributed by atoms with Crippen LogP contribution >= 0.6 is 0 Å². The number of methoxy groups -OCH3 is 1. The zero-order chi connectivity index (χ0) is 20.9. The van der Waals surface area contributed by atoms with Gasteiger partial charge in [-0.2, -0.15) is 0 Å². The minimum absolute atomic E-state index is 0.0275. The summed E-state index contributed by atoms with van der Waals surface area (Å²) in [4.78, 5) is 34.5. The van der Waals surface area contributed by atoms with Gasteiger partial charge >= 0.3 is 5.69 Å². The molecule has 0 bridgehead atoms. The Balaban J connectivity index is 1.85. The molecule has 1 aromatic carbocycles. The number of nitro benzene ring substituents is 1. The Bertz CT molecular complexity index is 864. The Morgan fingerprint density at radius 3 is 2.50 bits per heavy atom. The third kappa shape index (κ3) is 5.63. The second kappa shape index (κ2) is 8.97. The molecule has 154 valence electrons. The van der Waals surface area contributed by atoms with Crippen molar-refractivity contribution in [2.75, 3.05) is 33.0 Å². The Morgan fingerprint density at radius 1 is 1.32 bits per heavy atom. The largest absolute Gasteiger partial charge is 0.490 e. The fourth-order valence-corrected chi connectivity index (χ4v) is 3.72. The van der Waals surface area contributed by atoms with Crippen molar-refractivity contribution >= 4 is 27.5 Å². The van der Waals surface area contributed by atoms with Crippen LogP contribution in [0.3, 0.4) is 0 Å². The van der Waals surface area contributed by atoms with Gasteiger partial charge in [0.1, 0.15) is 0 Å². The Hall–Kier alpha value is -2.73. The fourth-order valence-electron chi connectivity index (χ4n) is 2.85. The van der Waals surface area contributed by atoms with Crippen LogP contribution in [-0.4, -0.2) is 68.5 Å². The van der Waals surface area contributed by atoms with Crippen LogP contribution < -0.4 is 15.4 Å². The highest BCUT2D eigenvalue weighted by atomic mass is 32.2. The third-order valence-corrected chi connectivity index (χ3v) is 5.64. The van der Waals surface area contributed by atoms with Gasteiger partial charge in [0.2, 0.25) is 15.9 Å². The van der Waals surface area contributed by atoms with E-state index in [1.165, 1.54) is 23.5 Å². The predicted molar refractivity (Wildman–Crippen MR) is 99.6 cm³/mol. The van der Waals surface area contributed by atoms with E-state index in [1.54, 1.807) is 0 Å². The van der Waals surface area contributed by atoms with Crippen molar-refractivity contribution in [3.63, 3.8) is 0 Å². The molecule has 1 fully saturated rings. The maximum Gasteiger partial charge on any atom is 0.311 e. The maximum atomic E-state index is 12.1. The minimum atomic E-state index is -3.24. The number of rotatable bonds is 7. The summed E-state index contributed by atoms with van der Waals surface area (Å²) in [6.45, 7) is 0.349. The molecule has 1 aliphatic heterocycles. The number of amides is 2. The quantitative estimate of drug-likeness (QED) is 0.466. The van der Waals surface area contributed by atoms with Crippen molar-refractivity contribution in [3.05, 3.63) is 33.9 Å². The van der Waals surface area contributed by atoms with E-state index in [0.717, 1.165) is 12.3 Å². The number of piperidine rings is 1. The predicted octanol–water partition coefficient (Wildman–Crippen LogP) is -0.127. The first kappa shape index (κ1) is 21.6. The van der Waals surface area contributed by atoms with Crippen LogP contribution in [-0.2, 0) is 14.8 Å². The van der Waals surface area contributed by atoms with Crippen LogP contribution in [0.4, 0.5) is 5.69 Å². The second-order valence-corrected chi connectivity index (χ2v) is 8.31. The van der Waals surface area contributed by atoms with Crippen molar-refractivity contribution in [2.24, 2.45) is 0 Å². The molecule has 12 heteroatoms. The summed E-state index contributed by atoms with van der Waals surface area (Å²) in [6, 6.07) is 3.57. The van der Waals surface area contributed by atoms with Gasteiger partial charge in [-0.05, 0) is 25.0 Å². The number of ether oxygens (including phenoxy) is 1. The van der Waals surface area contributed by atoms with Crippen molar-refractivity contribution in [3.8, 4) is 5.75 Å². The minimum Gasteiger partial charge on any atom is -0.490 e. The molecule has 1 saturated heterocycles. The highest BCUT2D eigenvalue weighted by molar-refractivity contribution is 7.88. The molecule has 2 N–H and O–H groups in total. The molecule has 0 aromatic heterocycles. The summed E-state index contributed by atoms with van der Waals surface area (Å²) in [5.74, 6) is -1.03. The van der Waals surface area contributed by atoms with Crippen molar-refractivity contribution in [2.45, 2.75) is 18.9 Å². The van der Waals surface area contributed by atoms with E-state index in [9.17, 15) is 28.1 Å². The van der Waals surface area contributed by atoms with Crippen molar-refractivity contribution < 1.29 is 27.7 Å². The molecule has 0 unspecified atom stereocenters. The zero-order valence-electron chi connectivity index (χ0n) is 15.5. The number of hydrogen-bond acceptors (Lipinski definition) is 7. The van der Waals surface area contributed by atoms with Crippen LogP contribution in [0.25, 0.3) is 0 Å². The molecule has 28 heavy (non-hydrogen) atoms.